The minimum Gasteiger partial charge on any atom is -0.370 e. The van der Waals surface area contributed by atoms with Gasteiger partial charge in [0, 0.05) is 26.1 Å². The molecule has 0 radical (unpaired) electrons. The molecule has 1 fully saturated rings. The zero-order valence-electron chi connectivity index (χ0n) is 13.5. The molecule has 3 N–H and O–H groups in total. The van der Waals surface area contributed by atoms with Gasteiger partial charge in [-0.15, -0.1) is 24.0 Å². The second kappa shape index (κ2) is 9.54. The minimum absolute atomic E-state index is 0. The first-order valence-corrected chi connectivity index (χ1v) is 7.58. The molecule has 0 atom stereocenters. The number of nitrogens with one attached hydrogen (secondary N) is 1. The van der Waals surface area contributed by atoms with Crippen LogP contribution in [-0.4, -0.2) is 29.9 Å². The predicted octanol–water partition coefficient (Wildman–Crippen LogP) is 2.41. The van der Waals surface area contributed by atoms with Crippen LogP contribution in [0.1, 0.15) is 30.9 Å². The maximum atomic E-state index is 11.7. The Balaban J connectivity index is 0.00000264. The Labute approximate surface area is 155 Å². The minimum atomic E-state index is 0. The van der Waals surface area contributed by atoms with Crippen molar-refractivity contribution in [3.63, 3.8) is 0 Å². The maximum absolute atomic E-state index is 11.7. The number of carbonyl (C=O) groups is 1. The van der Waals surface area contributed by atoms with Crippen LogP contribution in [0.3, 0.4) is 0 Å². The van der Waals surface area contributed by atoms with E-state index in [0.717, 1.165) is 29.7 Å². The number of rotatable bonds is 6. The van der Waals surface area contributed by atoms with Crippen LogP contribution in [0.2, 0.25) is 0 Å². The zero-order valence-corrected chi connectivity index (χ0v) is 15.9. The van der Waals surface area contributed by atoms with Crippen molar-refractivity contribution in [3.05, 3.63) is 47.5 Å². The lowest BCUT2D eigenvalue weighted by atomic mass is 10.1. The topological polar surface area (TPSA) is 70.7 Å². The van der Waals surface area contributed by atoms with Crippen molar-refractivity contribution in [2.75, 3.05) is 13.1 Å². The molecule has 126 valence electrons. The molecule has 0 bridgehead atoms. The zero-order chi connectivity index (χ0) is 15.9. The fourth-order valence-electron chi connectivity index (χ4n) is 2.39. The molecule has 1 aliphatic heterocycles. The summed E-state index contributed by atoms with van der Waals surface area (Å²) in [7, 11) is 0. The molecule has 0 aliphatic carbocycles. The Morgan fingerprint density at radius 3 is 2.83 bits per heavy atom. The quantitative estimate of drug-likeness (QED) is 0.317. The highest BCUT2D eigenvalue weighted by molar-refractivity contribution is 14.0. The molecular weight excluding hydrogens is 403 g/mol. The largest absolute Gasteiger partial charge is 0.370 e. The summed E-state index contributed by atoms with van der Waals surface area (Å²) in [5, 5.41) is 3.01. The Hall–Kier alpha value is -1.57. The highest BCUT2D eigenvalue weighted by Crippen LogP contribution is 2.15. The molecule has 2 rings (SSSR count). The van der Waals surface area contributed by atoms with Gasteiger partial charge in [-0.3, -0.25) is 4.79 Å². The second-order valence-corrected chi connectivity index (χ2v) is 5.75. The Bertz CT molecular complexity index is 586. The Kier molecular flexibility index (Phi) is 8.08. The van der Waals surface area contributed by atoms with E-state index in [-0.39, 0.29) is 29.9 Å². The monoisotopic (exact) mass is 428 g/mol. The number of guanidine groups is 1. The van der Waals surface area contributed by atoms with Gasteiger partial charge in [0.15, 0.2) is 5.96 Å². The highest BCUT2D eigenvalue weighted by atomic mass is 127. The Morgan fingerprint density at radius 1 is 1.43 bits per heavy atom. The lowest BCUT2D eigenvalue weighted by Gasteiger charge is -2.15. The number of likely N-dealkylation sites (tertiary alicyclic amines) is 1. The molecule has 0 aromatic heterocycles. The maximum Gasteiger partial charge on any atom is 0.222 e. The number of aliphatic imine (C=N–C) groups is 1. The van der Waals surface area contributed by atoms with Crippen LogP contribution in [-0.2, 0) is 17.9 Å². The van der Waals surface area contributed by atoms with Crippen molar-refractivity contribution in [2.24, 2.45) is 10.7 Å². The van der Waals surface area contributed by atoms with E-state index in [0.29, 0.717) is 32.0 Å². The van der Waals surface area contributed by atoms with Gasteiger partial charge < -0.3 is 16.0 Å². The van der Waals surface area contributed by atoms with Crippen LogP contribution >= 0.6 is 24.0 Å². The van der Waals surface area contributed by atoms with Gasteiger partial charge in [-0.05, 0) is 24.5 Å². The van der Waals surface area contributed by atoms with Crippen molar-refractivity contribution in [3.8, 4) is 0 Å². The van der Waals surface area contributed by atoms with Crippen LogP contribution in [0.4, 0.5) is 0 Å². The van der Waals surface area contributed by atoms with E-state index in [9.17, 15) is 4.79 Å². The molecule has 1 aromatic carbocycles. The molecule has 1 aliphatic rings. The third kappa shape index (κ3) is 6.60. The van der Waals surface area contributed by atoms with Gasteiger partial charge in [-0.25, -0.2) is 4.99 Å². The first-order chi connectivity index (χ1) is 10.5. The van der Waals surface area contributed by atoms with Gasteiger partial charge in [0.1, 0.15) is 0 Å². The van der Waals surface area contributed by atoms with E-state index in [2.05, 4.69) is 23.0 Å². The van der Waals surface area contributed by atoms with E-state index in [1.54, 1.807) is 0 Å². The van der Waals surface area contributed by atoms with Gasteiger partial charge in [0.05, 0.1) is 6.54 Å². The third-order valence-corrected chi connectivity index (χ3v) is 3.54. The van der Waals surface area contributed by atoms with E-state index in [1.807, 2.05) is 30.0 Å². The molecule has 5 nitrogen and oxygen atoms in total. The first-order valence-electron chi connectivity index (χ1n) is 7.58. The number of amides is 1. The second-order valence-electron chi connectivity index (χ2n) is 5.75. The van der Waals surface area contributed by atoms with Crippen LogP contribution in [0, 0.1) is 0 Å². The van der Waals surface area contributed by atoms with Crippen molar-refractivity contribution in [1.29, 1.82) is 0 Å². The van der Waals surface area contributed by atoms with Crippen molar-refractivity contribution in [2.45, 2.75) is 32.9 Å². The number of hydrogen-bond donors (Lipinski definition) is 2. The number of hydrogen-bond acceptors (Lipinski definition) is 2. The molecule has 1 aromatic rings. The van der Waals surface area contributed by atoms with Crippen LogP contribution in [0.5, 0.6) is 0 Å². The normalized spacial score (nSPS) is 14.6. The first kappa shape index (κ1) is 19.5. The number of carbonyl (C=O) groups excluding carboxylic acids is 1. The summed E-state index contributed by atoms with van der Waals surface area (Å²) >= 11 is 0. The number of benzene rings is 1. The summed E-state index contributed by atoms with van der Waals surface area (Å²) in [5.41, 5.74) is 9.04. The summed E-state index contributed by atoms with van der Waals surface area (Å²) in [6, 6.07) is 8.14. The van der Waals surface area contributed by atoms with E-state index >= 15 is 0 Å². The highest BCUT2D eigenvalue weighted by Gasteiger charge is 2.19. The number of nitrogens with two attached hydrogens (primary N) is 1. The van der Waals surface area contributed by atoms with Gasteiger partial charge in [0.25, 0.3) is 0 Å². The Morgan fingerprint density at radius 2 is 2.17 bits per heavy atom. The molecule has 0 spiro atoms. The van der Waals surface area contributed by atoms with Crippen LogP contribution in [0.15, 0.2) is 41.4 Å². The molecule has 1 amide bonds. The predicted molar refractivity (Wildman–Crippen MR) is 105 cm³/mol. The molecule has 1 heterocycles. The van der Waals surface area contributed by atoms with Crippen LogP contribution in [0.25, 0.3) is 0 Å². The number of halogens is 1. The van der Waals surface area contributed by atoms with E-state index in [1.165, 1.54) is 0 Å². The number of nitrogens with zero attached hydrogens (tertiary/aromatic N) is 2. The average molecular weight is 428 g/mol. The summed E-state index contributed by atoms with van der Waals surface area (Å²) in [6.07, 6.45) is 1.64. The molecule has 0 unspecified atom stereocenters. The van der Waals surface area contributed by atoms with E-state index in [4.69, 9.17) is 5.73 Å². The van der Waals surface area contributed by atoms with Crippen molar-refractivity contribution < 1.29 is 4.79 Å². The fraction of sp³-hybridized carbons (Fsp3) is 0.412. The SMILES string of the molecule is C=C(C)CNC(N)=NCc1cccc(CN2CCCC2=O)c1.I. The fourth-order valence-corrected chi connectivity index (χ4v) is 2.39. The molecule has 1 saturated heterocycles. The smallest absolute Gasteiger partial charge is 0.222 e. The van der Waals surface area contributed by atoms with Gasteiger partial charge in [-0.2, -0.15) is 0 Å². The molecular formula is C17H25IN4O. The molecule has 23 heavy (non-hydrogen) atoms. The average Bonchev–Trinajstić information content (AvgIpc) is 2.88. The summed E-state index contributed by atoms with van der Waals surface area (Å²) in [6.45, 7) is 8.44. The van der Waals surface area contributed by atoms with Crippen LogP contribution < -0.4 is 11.1 Å². The third-order valence-electron chi connectivity index (χ3n) is 3.54. The standard InChI is InChI=1S/C17H24N4O.HI/c1-13(2)10-19-17(18)20-11-14-5-3-6-15(9-14)12-21-8-4-7-16(21)22;/h3,5-6,9H,1,4,7-8,10-12H2,2H3,(H3,18,19,20);1H. The molecule has 0 saturated carbocycles. The van der Waals surface area contributed by atoms with Gasteiger partial charge in [-0.1, -0.05) is 36.4 Å². The van der Waals surface area contributed by atoms with Crippen molar-refractivity contribution in [1.82, 2.24) is 10.2 Å². The summed E-state index contributed by atoms with van der Waals surface area (Å²) < 4.78 is 0. The van der Waals surface area contributed by atoms with Gasteiger partial charge in [0.2, 0.25) is 5.91 Å². The summed E-state index contributed by atoms with van der Waals surface area (Å²) in [5.74, 6) is 0.666. The molecule has 6 heteroatoms. The summed E-state index contributed by atoms with van der Waals surface area (Å²) in [4.78, 5) is 17.9. The van der Waals surface area contributed by atoms with Gasteiger partial charge >= 0.3 is 0 Å². The van der Waals surface area contributed by atoms with E-state index < -0.39 is 0 Å². The lowest BCUT2D eigenvalue weighted by molar-refractivity contribution is -0.128. The van der Waals surface area contributed by atoms with Crippen molar-refractivity contribution >= 4 is 35.8 Å². The lowest BCUT2D eigenvalue weighted by Crippen LogP contribution is -2.32.